The smallest absolute Gasteiger partial charge is 0.410 e. The summed E-state index contributed by atoms with van der Waals surface area (Å²) in [5, 5.41) is 0. The van der Waals surface area contributed by atoms with Gasteiger partial charge in [0.1, 0.15) is 11.4 Å². The minimum absolute atomic E-state index is 0.0299. The second-order valence-corrected chi connectivity index (χ2v) is 10.3. The minimum Gasteiger partial charge on any atom is -0.490 e. The SMILES string of the molecule is CN(C)C(=O)Cc1cc(F)c(OCC[C@@H]2C[C@@H]2C2CCN(C(=O)OC3(C)CC3)CC2)cc1F. The summed E-state index contributed by atoms with van der Waals surface area (Å²) in [7, 11) is 3.15. The van der Waals surface area contributed by atoms with Crippen molar-refractivity contribution in [3.8, 4) is 5.75 Å². The lowest BCUT2D eigenvalue weighted by Crippen LogP contribution is -2.40. The van der Waals surface area contributed by atoms with Crippen LogP contribution in [-0.4, -0.2) is 61.2 Å². The summed E-state index contributed by atoms with van der Waals surface area (Å²) in [4.78, 5) is 27.2. The largest absolute Gasteiger partial charge is 0.490 e. The van der Waals surface area contributed by atoms with Gasteiger partial charge in [0.05, 0.1) is 13.0 Å². The Bertz CT molecular complexity index is 895. The fourth-order valence-electron chi connectivity index (χ4n) is 4.70. The molecule has 0 N–H and O–H groups in total. The van der Waals surface area contributed by atoms with Crippen LogP contribution in [0.25, 0.3) is 0 Å². The van der Waals surface area contributed by atoms with Crippen LogP contribution < -0.4 is 4.74 Å². The molecule has 0 aromatic heterocycles. The maximum atomic E-state index is 14.3. The molecule has 3 fully saturated rings. The van der Waals surface area contributed by atoms with Crippen molar-refractivity contribution < 1.29 is 27.8 Å². The molecule has 1 aromatic carbocycles. The van der Waals surface area contributed by atoms with Gasteiger partial charge in [-0.05, 0) is 69.3 Å². The van der Waals surface area contributed by atoms with Gasteiger partial charge in [0.15, 0.2) is 11.6 Å². The first-order valence-corrected chi connectivity index (χ1v) is 11.9. The number of hydrogen-bond acceptors (Lipinski definition) is 4. The first-order valence-electron chi connectivity index (χ1n) is 11.9. The highest BCUT2D eigenvalue weighted by Gasteiger charge is 2.45. The molecule has 1 aliphatic heterocycles. The number of likely N-dealkylation sites (tertiary alicyclic amines) is 1. The average Bonchev–Trinajstić information content (AvgIpc) is 3.69. The number of benzene rings is 1. The highest BCUT2D eigenvalue weighted by atomic mass is 19.1. The minimum atomic E-state index is -0.649. The third kappa shape index (κ3) is 5.95. The topological polar surface area (TPSA) is 59.1 Å². The first kappa shape index (κ1) is 23.8. The summed E-state index contributed by atoms with van der Waals surface area (Å²) in [6.07, 6.45) is 5.44. The average molecular weight is 465 g/mol. The van der Waals surface area contributed by atoms with Crippen LogP contribution in [0.3, 0.4) is 0 Å². The van der Waals surface area contributed by atoms with E-state index in [9.17, 15) is 18.4 Å². The third-order valence-electron chi connectivity index (χ3n) is 7.36. The lowest BCUT2D eigenvalue weighted by Gasteiger charge is -2.32. The predicted octanol–water partition coefficient (Wildman–Crippen LogP) is 4.40. The second-order valence-electron chi connectivity index (χ2n) is 10.3. The summed E-state index contributed by atoms with van der Waals surface area (Å²) in [5.74, 6) is 0.0656. The zero-order chi connectivity index (χ0) is 23.8. The van der Waals surface area contributed by atoms with Gasteiger partial charge >= 0.3 is 6.09 Å². The summed E-state index contributed by atoms with van der Waals surface area (Å²) >= 11 is 0. The number of carbonyl (C=O) groups excluding carboxylic acids is 2. The van der Waals surface area contributed by atoms with Crippen LogP contribution in [0.1, 0.15) is 51.0 Å². The first-order chi connectivity index (χ1) is 15.6. The number of ether oxygens (including phenoxy) is 2. The van der Waals surface area contributed by atoms with Crippen molar-refractivity contribution in [3.63, 3.8) is 0 Å². The van der Waals surface area contributed by atoms with Crippen molar-refractivity contribution in [1.82, 2.24) is 9.80 Å². The third-order valence-corrected chi connectivity index (χ3v) is 7.36. The van der Waals surface area contributed by atoms with E-state index in [1.807, 2.05) is 11.8 Å². The van der Waals surface area contributed by atoms with Crippen molar-refractivity contribution in [3.05, 3.63) is 29.3 Å². The molecule has 0 radical (unpaired) electrons. The number of nitrogens with zero attached hydrogens (tertiary/aromatic N) is 2. The molecular formula is C25H34F2N2O4. The van der Waals surface area contributed by atoms with E-state index in [4.69, 9.17) is 9.47 Å². The fourth-order valence-corrected chi connectivity index (χ4v) is 4.70. The van der Waals surface area contributed by atoms with Gasteiger partial charge in [-0.25, -0.2) is 13.6 Å². The summed E-state index contributed by atoms with van der Waals surface area (Å²) < 4.78 is 39.7. The van der Waals surface area contributed by atoms with Crippen molar-refractivity contribution in [2.24, 2.45) is 17.8 Å². The Morgan fingerprint density at radius 2 is 1.85 bits per heavy atom. The molecule has 2 aliphatic carbocycles. The molecule has 4 rings (SSSR count). The quantitative estimate of drug-likeness (QED) is 0.572. The number of rotatable bonds is 8. The lowest BCUT2D eigenvalue weighted by atomic mass is 9.91. The van der Waals surface area contributed by atoms with Gasteiger partial charge in [-0.3, -0.25) is 4.79 Å². The lowest BCUT2D eigenvalue weighted by molar-refractivity contribution is -0.128. The molecular weight excluding hydrogens is 430 g/mol. The van der Waals surface area contributed by atoms with E-state index >= 15 is 0 Å². The standard InChI is InChI=1S/C25H34F2N2O4/c1-25(7-8-25)33-24(31)29-9-4-16(5-10-29)19-12-17(19)6-11-32-22-15-20(26)18(13-21(22)27)14-23(30)28(2)3/h13,15-17,19H,4-12,14H2,1-3H3/t17-,19-/m1/s1. The van der Waals surface area contributed by atoms with Gasteiger partial charge in [0.2, 0.25) is 5.91 Å². The van der Waals surface area contributed by atoms with Crippen LogP contribution in [0.15, 0.2) is 12.1 Å². The zero-order valence-electron chi connectivity index (χ0n) is 19.7. The van der Waals surface area contributed by atoms with Crippen LogP contribution >= 0.6 is 0 Å². The van der Waals surface area contributed by atoms with Gasteiger partial charge in [-0.1, -0.05) is 0 Å². The molecule has 1 saturated heterocycles. The number of amides is 2. The Hall–Kier alpha value is -2.38. The van der Waals surface area contributed by atoms with Crippen LogP contribution in [-0.2, 0) is 16.0 Å². The number of hydrogen-bond donors (Lipinski definition) is 0. The molecule has 1 aromatic rings. The molecule has 8 heteroatoms. The highest BCUT2D eigenvalue weighted by Crippen LogP contribution is 2.50. The van der Waals surface area contributed by atoms with Crippen LogP contribution in [0, 0.1) is 29.4 Å². The van der Waals surface area contributed by atoms with E-state index in [2.05, 4.69) is 0 Å². The Morgan fingerprint density at radius 1 is 1.15 bits per heavy atom. The van der Waals surface area contributed by atoms with Crippen LogP contribution in [0.4, 0.5) is 13.6 Å². The van der Waals surface area contributed by atoms with Crippen LogP contribution in [0.5, 0.6) is 5.75 Å². The van der Waals surface area contributed by atoms with Crippen molar-refractivity contribution in [2.75, 3.05) is 33.8 Å². The maximum Gasteiger partial charge on any atom is 0.410 e. The van der Waals surface area contributed by atoms with E-state index in [-0.39, 0.29) is 35.3 Å². The molecule has 0 unspecified atom stereocenters. The van der Waals surface area contributed by atoms with Crippen molar-refractivity contribution >= 4 is 12.0 Å². The number of carbonyl (C=O) groups is 2. The molecule has 6 nitrogen and oxygen atoms in total. The van der Waals surface area contributed by atoms with Gasteiger partial charge in [0, 0.05) is 38.8 Å². The van der Waals surface area contributed by atoms with Gasteiger partial charge in [-0.15, -0.1) is 0 Å². The molecule has 182 valence electrons. The molecule has 2 saturated carbocycles. The molecule has 2 atom stereocenters. The number of halogens is 2. The van der Waals surface area contributed by atoms with Gasteiger partial charge in [-0.2, -0.15) is 0 Å². The Kier molecular flexibility index (Phi) is 6.82. The molecule has 0 bridgehead atoms. The fraction of sp³-hybridized carbons (Fsp3) is 0.680. The van der Waals surface area contributed by atoms with E-state index in [1.165, 1.54) is 4.90 Å². The predicted molar refractivity (Wildman–Crippen MR) is 119 cm³/mol. The molecule has 33 heavy (non-hydrogen) atoms. The van der Waals surface area contributed by atoms with E-state index in [0.717, 1.165) is 63.7 Å². The Balaban J connectivity index is 1.18. The van der Waals surface area contributed by atoms with Crippen molar-refractivity contribution in [1.29, 1.82) is 0 Å². The molecule has 2 amide bonds. The molecule has 3 aliphatic rings. The summed E-state index contributed by atoms with van der Waals surface area (Å²) in [6.45, 7) is 3.80. The Morgan fingerprint density at radius 3 is 2.48 bits per heavy atom. The van der Waals surface area contributed by atoms with E-state index in [0.29, 0.717) is 24.4 Å². The molecule has 1 heterocycles. The normalized spacial score (nSPS) is 23.7. The van der Waals surface area contributed by atoms with Gasteiger partial charge < -0.3 is 19.3 Å². The van der Waals surface area contributed by atoms with Crippen molar-refractivity contribution in [2.45, 2.75) is 57.5 Å². The number of likely N-dealkylation sites (N-methyl/N-ethyl adjacent to an activating group) is 1. The maximum absolute atomic E-state index is 14.3. The summed E-state index contributed by atoms with van der Waals surface area (Å²) in [6, 6.07) is 2.09. The monoisotopic (exact) mass is 464 g/mol. The molecule has 0 spiro atoms. The van der Waals surface area contributed by atoms with E-state index < -0.39 is 11.6 Å². The summed E-state index contributed by atoms with van der Waals surface area (Å²) in [5.41, 5.74) is -0.204. The highest BCUT2D eigenvalue weighted by molar-refractivity contribution is 5.78. The number of piperidine rings is 1. The second kappa shape index (κ2) is 9.47. The van der Waals surface area contributed by atoms with E-state index in [1.54, 1.807) is 14.1 Å². The zero-order valence-corrected chi connectivity index (χ0v) is 19.7. The van der Waals surface area contributed by atoms with Gasteiger partial charge in [0.25, 0.3) is 0 Å². The van der Waals surface area contributed by atoms with Crippen LogP contribution in [0.2, 0.25) is 0 Å². The Labute approximate surface area is 194 Å².